The second kappa shape index (κ2) is 3.37. The molecule has 0 aromatic carbocycles. The van der Waals surface area contributed by atoms with E-state index < -0.39 is 0 Å². The Morgan fingerprint density at radius 1 is 1.36 bits per heavy atom. The van der Waals surface area contributed by atoms with Crippen LogP contribution in [-0.2, 0) is 9.59 Å². The summed E-state index contributed by atoms with van der Waals surface area (Å²) in [5, 5.41) is 2.45. The lowest BCUT2D eigenvalue weighted by Gasteiger charge is -2.44. The molecule has 1 unspecified atom stereocenters. The van der Waals surface area contributed by atoms with Gasteiger partial charge in [-0.25, -0.2) is 0 Å². The number of hydrogen-bond donors (Lipinski definition) is 1. The van der Waals surface area contributed by atoms with Crippen LogP contribution in [0.25, 0.3) is 0 Å². The van der Waals surface area contributed by atoms with E-state index in [9.17, 15) is 9.59 Å². The van der Waals surface area contributed by atoms with Crippen molar-refractivity contribution in [2.75, 3.05) is 0 Å². The van der Waals surface area contributed by atoms with Gasteiger partial charge in [0, 0.05) is 6.42 Å². The molecule has 1 heterocycles. The lowest BCUT2D eigenvalue weighted by atomic mass is 9.61. The van der Waals surface area contributed by atoms with Crippen LogP contribution in [0.5, 0.6) is 0 Å². The van der Waals surface area contributed by atoms with Crippen molar-refractivity contribution in [3.05, 3.63) is 0 Å². The fraction of sp³-hybridized carbons (Fsp3) is 0.818. The van der Waals surface area contributed by atoms with Gasteiger partial charge in [0.15, 0.2) is 0 Å². The molecule has 1 rings (SSSR count). The molecule has 1 aliphatic rings. The first-order valence-electron chi connectivity index (χ1n) is 5.18. The Labute approximate surface area is 85.3 Å². The minimum Gasteiger partial charge on any atom is -0.296 e. The molecule has 0 spiro atoms. The first-order valence-corrected chi connectivity index (χ1v) is 5.18. The van der Waals surface area contributed by atoms with Gasteiger partial charge in [-0.2, -0.15) is 0 Å². The molecule has 0 aromatic heterocycles. The van der Waals surface area contributed by atoms with Crippen LogP contribution in [0.2, 0.25) is 0 Å². The molecule has 3 heteroatoms. The summed E-state index contributed by atoms with van der Waals surface area (Å²) in [6.07, 6.45) is 1.93. The van der Waals surface area contributed by atoms with E-state index in [0.717, 1.165) is 6.42 Å². The number of carbonyl (C=O) groups is 2. The molecule has 3 nitrogen and oxygen atoms in total. The number of rotatable bonds is 1. The average molecular weight is 197 g/mol. The summed E-state index contributed by atoms with van der Waals surface area (Å²) in [5.41, 5.74) is -0.465. The number of hydrogen-bond acceptors (Lipinski definition) is 2. The highest BCUT2D eigenvalue weighted by Crippen LogP contribution is 2.46. The van der Waals surface area contributed by atoms with Crippen LogP contribution < -0.4 is 5.32 Å². The number of carbonyl (C=O) groups excluding carboxylic acids is 2. The van der Waals surface area contributed by atoms with Gasteiger partial charge in [0.05, 0.1) is 5.41 Å². The maximum Gasteiger partial charge on any atom is 0.233 e. The highest BCUT2D eigenvalue weighted by atomic mass is 16.2. The van der Waals surface area contributed by atoms with E-state index in [1.165, 1.54) is 0 Å². The van der Waals surface area contributed by atoms with Crippen molar-refractivity contribution in [2.24, 2.45) is 10.8 Å². The molecule has 0 bridgehead atoms. The number of nitrogens with one attached hydrogen (secondary N) is 1. The van der Waals surface area contributed by atoms with Crippen molar-refractivity contribution in [3.8, 4) is 0 Å². The topological polar surface area (TPSA) is 46.2 Å². The summed E-state index contributed by atoms with van der Waals surface area (Å²) in [7, 11) is 0. The van der Waals surface area contributed by atoms with Gasteiger partial charge in [-0.3, -0.25) is 14.9 Å². The highest BCUT2D eigenvalue weighted by molar-refractivity contribution is 6.00. The van der Waals surface area contributed by atoms with Crippen molar-refractivity contribution in [1.82, 2.24) is 5.32 Å². The monoisotopic (exact) mass is 197 g/mol. The Hall–Kier alpha value is -0.860. The van der Waals surface area contributed by atoms with E-state index in [4.69, 9.17) is 0 Å². The van der Waals surface area contributed by atoms with Crippen LogP contribution in [0.1, 0.15) is 47.0 Å². The quantitative estimate of drug-likeness (QED) is 0.652. The lowest BCUT2D eigenvalue weighted by Crippen LogP contribution is -2.54. The van der Waals surface area contributed by atoms with Gasteiger partial charge < -0.3 is 0 Å². The zero-order valence-electron chi connectivity index (χ0n) is 9.44. The summed E-state index contributed by atoms with van der Waals surface area (Å²) in [4.78, 5) is 22.9. The predicted octanol–water partition coefficient (Wildman–Crippen LogP) is 1.87. The van der Waals surface area contributed by atoms with Crippen LogP contribution in [0, 0.1) is 10.8 Å². The molecule has 1 fully saturated rings. The maximum absolute atomic E-state index is 11.9. The van der Waals surface area contributed by atoms with Gasteiger partial charge in [0.1, 0.15) is 0 Å². The Kier molecular flexibility index (Phi) is 2.70. The van der Waals surface area contributed by atoms with Crippen LogP contribution in [-0.4, -0.2) is 11.8 Å². The molecule has 0 radical (unpaired) electrons. The summed E-state index contributed by atoms with van der Waals surface area (Å²) < 4.78 is 0. The lowest BCUT2D eigenvalue weighted by molar-refractivity contribution is -0.148. The third-order valence-electron chi connectivity index (χ3n) is 3.51. The van der Waals surface area contributed by atoms with E-state index in [1.807, 2.05) is 6.92 Å². The van der Waals surface area contributed by atoms with Gasteiger partial charge in [-0.1, -0.05) is 27.7 Å². The van der Waals surface area contributed by atoms with E-state index in [1.54, 1.807) is 0 Å². The SMILES string of the molecule is CCC1(C(C)(C)C)CCC(=O)NC1=O. The summed E-state index contributed by atoms with van der Waals surface area (Å²) in [5.74, 6) is -0.230. The van der Waals surface area contributed by atoms with Crippen LogP contribution >= 0.6 is 0 Å². The third-order valence-corrected chi connectivity index (χ3v) is 3.51. The normalized spacial score (nSPS) is 28.9. The Balaban J connectivity index is 3.01. The van der Waals surface area contributed by atoms with Crippen molar-refractivity contribution in [3.63, 3.8) is 0 Å². The second-order valence-corrected chi connectivity index (χ2v) is 5.06. The van der Waals surface area contributed by atoms with Crippen molar-refractivity contribution in [2.45, 2.75) is 47.0 Å². The molecule has 0 saturated carbocycles. The number of amides is 2. The number of imide groups is 1. The van der Waals surface area contributed by atoms with Gasteiger partial charge in [-0.15, -0.1) is 0 Å². The molecule has 2 amide bonds. The molecule has 14 heavy (non-hydrogen) atoms. The van der Waals surface area contributed by atoms with E-state index in [-0.39, 0.29) is 22.6 Å². The zero-order chi connectivity index (χ0) is 11.0. The molecular formula is C11H19NO2. The summed E-state index contributed by atoms with van der Waals surface area (Å²) in [6, 6.07) is 0. The molecule has 1 saturated heterocycles. The Morgan fingerprint density at radius 2 is 1.93 bits per heavy atom. The minimum atomic E-state index is -0.374. The van der Waals surface area contributed by atoms with E-state index in [2.05, 4.69) is 26.1 Å². The Bertz CT molecular complexity index is 265. The van der Waals surface area contributed by atoms with Crippen molar-refractivity contribution < 1.29 is 9.59 Å². The molecule has 1 atom stereocenters. The van der Waals surface area contributed by atoms with Gasteiger partial charge in [0.2, 0.25) is 11.8 Å². The predicted molar refractivity (Wildman–Crippen MR) is 54.6 cm³/mol. The largest absolute Gasteiger partial charge is 0.296 e. The first kappa shape index (κ1) is 11.2. The van der Waals surface area contributed by atoms with Crippen molar-refractivity contribution in [1.29, 1.82) is 0 Å². The van der Waals surface area contributed by atoms with Crippen LogP contribution in [0.15, 0.2) is 0 Å². The first-order chi connectivity index (χ1) is 6.33. The van der Waals surface area contributed by atoms with Crippen LogP contribution in [0.3, 0.4) is 0 Å². The Morgan fingerprint density at radius 3 is 2.29 bits per heavy atom. The summed E-state index contributed by atoms with van der Waals surface area (Å²) in [6.45, 7) is 8.20. The maximum atomic E-state index is 11.9. The van der Waals surface area contributed by atoms with Gasteiger partial charge in [-0.05, 0) is 18.3 Å². The van der Waals surface area contributed by atoms with Gasteiger partial charge >= 0.3 is 0 Å². The van der Waals surface area contributed by atoms with E-state index in [0.29, 0.717) is 12.8 Å². The smallest absolute Gasteiger partial charge is 0.233 e. The fourth-order valence-electron chi connectivity index (χ4n) is 2.33. The summed E-state index contributed by atoms with van der Waals surface area (Å²) >= 11 is 0. The molecule has 1 N–H and O–H groups in total. The molecule has 80 valence electrons. The molecular weight excluding hydrogens is 178 g/mol. The van der Waals surface area contributed by atoms with Crippen molar-refractivity contribution >= 4 is 11.8 Å². The molecule has 1 aliphatic heterocycles. The fourth-order valence-corrected chi connectivity index (χ4v) is 2.33. The highest BCUT2D eigenvalue weighted by Gasteiger charge is 2.49. The average Bonchev–Trinajstić information content (AvgIpc) is 2.02. The third kappa shape index (κ3) is 1.56. The van der Waals surface area contributed by atoms with E-state index >= 15 is 0 Å². The molecule has 0 aliphatic carbocycles. The molecule has 0 aromatic rings. The zero-order valence-corrected chi connectivity index (χ0v) is 9.44. The van der Waals surface area contributed by atoms with Gasteiger partial charge in [0.25, 0.3) is 0 Å². The second-order valence-electron chi connectivity index (χ2n) is 5.06. The number of piperidine rings is 1. The van der Waals surface area contributed by atoms with Crippen LogP contribution in [0.4, 0.5) is 0 Å². The standard InChI is InChI=1S/C11H19NO2/c1-5-11(10(2,3)4)7-6-8(13)12-9(11)14/h5-7H2,1-4H3,(H,12,13,14). The minimum absolute atomic E-state index is 0.0907.